The van der Waals surface area contributed by atoms with Crippen molar-refractivity contribution < 1.29 is 4.39 Å². The van der Waals surface area contributed by atoms with Gasteiger partial charge in [-0.3, -0.25) is 4.98 Å². The highest BCUT2D eigenvalue weighted by Gasteiger charge is 2.16. The van der Waals surface area contributed by atoms with Gasteiger partial charge in [-0.25, -0.2) is 4.39 Å². The quantitative estimate of drug-likeness (QED) is 0.791. The maximum absolute atomic E-state index is 14.1. The van der Waals surface area contributed by atoms with Crippen LogP contribution in [0.15, 0.2) is 36.7 Å². The van der Waals surface area contributed by atoms with Gasteiger partial charge in [0.05, 0.1) is 4.99 Å². The summed E-state index contributed by atoms with van der Waals surface area (Å²) in [6.07, 6.45) is 5.03. The third-order valence-corrected chi connectivity index (χ3v) is 3.37. The van der Waals surface area contributed by atoms with E-state index in [9.17, 15) is 4.39 Å². The topological polar surface area (TPSA) is 24.9 Å². The van der Waals surface area contributed by atoms with Gasteiger partial charge in [0, 0.05) is 35.6 Å². The highest BCUT2D eigenvalue weighted by molar-refractivity contribution is 7.80. The summed E-state index contributed by atoms with van der Waals surface area (Å²) in [5.41, 5.74) is 3.28. The molecule has 0 aliphatic carbocycles. The summed E-state index contributed by atoms with van der Waals surface area (Å²) in [6.45, 7) is 0. The molecule has 2 aromatic rings. The van der Waals surface area contributed by atoms with E-state index in [4.69, 9.17) is 12.2 Å². The van der Waals surface area contributed by atoms with Crippen LogP contribution in [0.2, 0.25) is 0 Å². The summed E-state index contributed by atoms with van der Waals surface area (Å²) >= 11 is 5.11. The van der Waals surface area contributed by atoms with E-state index in [1.807, 2.05) is 18.2 Å². The van der Waals surface area contributed by atoms with E-state index in [0.29, 0.717) is 5.56 Å². The molecular formula is C14H11FN2S. The second-order valence-electron chi connectivity index (χ2n) is 4.28. The molecule has 1 aliphatic heterocycles. The van der Waals surface area contributed by atoms with Gasteiger partial charge in [-0.05, 0) is 30.2 Å². The first-order chi connectivity index (χ1) is 8.74. The van der Waals surface area contributed by atoms with E-state index in [1.165, 1.54) is 6.07 Å². The van der Waals surface area contributed by atoms with Crippen LogP contribution in [0.1, 0.15) is 12.0 Å². The molecule has 1 aromatic heterocycles. The molecule has 0 saturated carbocycles. The molecule has 0 radical (unpaired) electrons. The fourth-order valence-electron chi connectivity index (χ4n) is 2.15. The minimum Gasteiger partial charge on any atom is -0.350 e. The average Bonchev–Trinajstić information content (AvgIpc) is 2.39. The summed E-state index contributed by atoms with van der Waals surface area (Å²) < 4.78 is 14.1. The van der Waals surface area contributed by atoms with E-state index < -0.39 is 0 Å². The molecule has 0 atom stereocenters. The normalized spacial score (nSPS) is 13.9. The number of pyridine rings is 1. The Balaban J connectivity index is 2.10. The van der Waals surface area contributed by atoms with Crippen molar-refractivity contribution in [3.05, 3.63) is 48.0 Å². The van der Waals surface area contributed by atoms with Crippen molar-refractivity contribution in [2.75, 3.05) is 5.32 Å². The molecule has 1 N–H and O–H groups in total. The summed E-state index contributed by atoms with van der Waals surface area (Å²) in [5, 5.41) is 3.06. The number of rotatable bonds is 1. The van der Waals surface area contributed by atoms with Crippen LogP contribution in [0.5, 0.6) is 0 Å². The highest BCUT2D eigenvalue weighted by atomic mass is 32.1. The number of hydrogen-bond donors (Lipinski definition) is 1. The lowest BCUT2D eigenvalue weighted by Gasteiger charge is -2.20. The average molecular weight is 258 g/mol. The number of aryl methyl sites for hydroxylation is 1. The van der Waals surface area contributed by atoms with Crippen molar-refractivity contribution in [1.82, 2.24) is 4.98 Å². The molecule has 3 rings (SSSR count). The Kier molecular flexibility index (Phi) is 2.80. The maximum Gasteiger partial charge on any atom is 0.133 e. The van der Waals surface area contributed by atoms with Crippen LogP contribution in [0.25, 0.3) is 11.1 Å². The standard InChI is InChI=1S/C14H11FN2S/c15-12-7-13-9(3-4-14(18)17-13)6-11(12)10-2-1-5-16-8-10/h1-2,5-8H,3-4H2,(H,17,18). The number of aromatic nitrogens is 1. The van der Waals surface area contributed by atoms with Crippen molar-refractivity contribution in [2.45, 2.75) is 12.8 Å². The molecule has 4 heteroatoms. The SMILES string of the molecule is Fc1cc2c(cc1-c1cccnc1)CCC(=S)N2. The summed E-state index contributed by atoms with van der Waals surface area (Å²) in [6, 6.07) is 7.07. The first kappa shape index (κ1) is 11.3. The minimum absolute atomic E-state index is 0.251. The smallest absolute Gasteiger partial charge is 0.133 e. The molecule has 2 heterocycles. The fraction of sp³-hybridized carbons (Fsp3) is 0.143. The van der Waals surface area contributed by atoms with Crippen LogP contribution in [0.3, 0.4) is 0 Å². The van der Waals surface area contributed by atoms with Crippen molar-refractivity contribution in [3.8, 4) is 11.1 Å². The predicted octanol–water partition coefficient (Wildman–Crippen LogP) is 3.57. The molecule has 18 heavy (non-hydrogen) atoms. The second kappa shape index (κ2) is 4.46. The van der Waals surface area contributed by atoms with Crippen molar-refractivity contribution in [2.24, 2.45) is 0 Å². The zero-order chi connectivity index (χ0) is 12.5. The molecule has 0 amide bonds. The lowest BCUT2D eigenvalue weighted by molar-refractivity contribution is 0.631. The molecule has 0 spiro atoms. The number of benzene rings is 1. The van der Waals surface area contributed by atoms with Crippen molar-refractivity contribution >= 4 is 22.9 Å². The summed E-state index contributed by atoms with van der Waals surface area (Å²) in [4.78, 5) is 4.80. The van der Waals surface area contributed by atoms with Crippen LogP contribution < -0.4 is 5.32 Å². The number of halogens is 1. The third kappa shape index (κ3) is 1.99. The van der Waals surface area contributed by atoms with E-state index >= 15 is 0 Å². The molecule has 2 nitrogen and oxygen atoms in total. The molecule has 0 fully saturated rings. The van der Waals surface area contributed by atoms with Gasteiger partial charge in [0.15, 0.2) is 0 Å². The van der Waals surface area contributed by atoms with Gasteiger partial charge in [0.25, 0.3) is 0 Å². The Labute approximate surface area is 110 Å². The van der Waals surface area contributed by atoms with Gasteiger partial charge in [-0.15, -0.1) is 0 Å². The van der Waals surface area contributed by atoms with Crippen LogP contribution in [-0.2, 0) is 6.42 Å². The number of anilines is 1. The van der Waals surface area contributed by atoms with Gasteiger partial charge in [-0.1, -0.05) is 18.3 Å². The van der Waals surface area contributed by atoms with Gasteiger partial charge >= 0.3 is 0 Å². The molecule has 0 saturated heterocycles. The number of hydrogen-bond acceptors (Lipinski definition) is 2. The number of nitrogens with zero attached hydrogens (tertiary/aromatic N) is 1. The minimum atomic E-state index is -0.251. The molecule has 1 aliphatic rings. The van der Waals surface area contributed by atoms with Gasteiger partial charge in [0.1, 0.15) is 5.82 Å². The third-order valence-electron chi connectivity index (χ3n) is 3.06. The number of thiocarbonyl (C=S) groups is 1. The monoisotopic (exact) mass is 258 g/mol. The van der Waals surface area contributed by atoms with Gasteiger partial charge in [-0.2, -0.15) is 0 Å². The van der Waals surface area contributed by atoms with E-state index in [1.54, 1.807) is 12.4 Å². The van der Waals surface area contributed by atoms with E-state index in [0.717, 1.165) is 34.6 Å². The molecule has 1 aromatic carbocycles. The number of fused-ring (bicyclic) bond motifs is 1. The Hall–Kier alpha value is -1.81. The zero-order valence-corrected chi connectivity index (χ0v) is 10.4. The molecule has 0 unspecified atom stereocenters. The molecule has 90 valence electrons. The second-order valence-corrected chi connectivity index (χ2v) is 4.77. The first-order valence-electron chi connectivity index (χ1n) is 5.77. The Bertz CT molecular complexity index is 611. The maximum atomic E-state index is 14.1. The zero-order valence-electron chi connectivity index (χ0n) is 9.61. The van der Waals surface area contributed by atoms with Crippen LogP contribution in [0.4, 0.5) is 10.1 Å². The van der Waals surface area contributed by atoms with Crippen LogP contribution in [-0.4, -0.2) is 9.97 Å². The lowest BCUT2D eigenvalue weighted by atomic mass is 9.97. The number of nitrogens with one attached hydrogen (secondary N) is 1. The van der Waals surface area contributed by atoms with Crippen molar-refractivity contribution in [1.29, 1.82) is 0 Å². The van der Waals surface area contributed by atoms with Crippen LogP contribution in [0, 0.1) is 5.82 Å². The molecular weight excluding hydrogens is 247 g/mol. The summed E-state index contributed by atoms with van der Waals surface area (Å²) in [5.74, 6) is -0.251. The van der Waals surface area contributed by atoms with Crippen LogP contribution >= 0.6 is 12.2 Å². The van der Waals surface area contributed by atoms with Gasteiger partial charge in [0.2, 0.25) is 0 Å². The largest absolute Gasteiger partial charge is 0.350 e. The van der Waals surface area contributed by atoms with E-state index in [2.05, 4.69) is 10.3 Å². The highest BCUT2D eigenvalue weighted by Crippen LogP contribution is 2.31. The molecule has 0 bridgehead atoms. The fourth-order valence-corrected chi connectivity index (χ4v) is 2.36. The predicted molar refractivity (Wildman–Crippen MR) is 74.2 cm³/mol. The Morgan fingerprint density at radius 1 is 1.28 bits per heavy atom. The van der Waals surface area contributed by atoms with Crippen molar-refractivity contribution in [3.63, 3.8) is 0 Å². The Morgan fingerprint density at radius 3 is 2.94 bits per heavy atom. The first-order valence-corrected chi connectivity index (χ1v) is 6.17. The summed E-state index contributed by atoms with van der Waals surface area (Å²) in [7, 11) is 0. The van der Waals surface area contributed by atoms with Gasteiger partial charge < -0.3 is 5.32 Å². The lowest BCUT2D eigenvalue weighted by Crippen LogP contribution is -2.17. The van der Waals surface area contributed by atoms with E-state index in [-0.39, 0.29) is 5.82 Å². The Morgan fingerprint density at radius 2 is 2.17 bits per heavy atom.